The van der Waals surface area contributed by atoms with Crippen LogP contribution in [-0.2, 0) is 28.6 Å². The number of hydrogen-bond donors (Lipinski definition) is 0. The summed E-state index contributed by atoms with van der Waals surface area (Å²) in [6.07, 6.45) is 79.6. The van der Waals surface area contributed by atoms with E-state index in [0.717, 1.165) is 109 Å². The maximum Gasteiger partial charge on any atom is 0.306 e. The predicted octanol–water partition coefficient (Wildman–Crippen LogP) is 17.8. The molecule has 0 aromatic carbocycles. The number of ether oxygens (including phenoxy) is 3. The number of carbonyl (C=O) groups excluding carboxylic acids is 3. The molecule has 1 unspecified atom stereocenters. The zero-order valence-electron chi connectivity index (χ0n) is 43.0. The maximum atomic E-state index is 12.8. The molecule has 0 aromatic heterocycles. The van der Waals surface area contributed by atoms with Gasteiger partial charge in [0.1, 0.15) is 13.2 Å². The molecule has 0 saturated heterocycles. The van der Waals surface area contributed by atoms with Crippen molar-refractivity contribution in [1.29, 1.82) is 0 Å². The number of rotatable bonds is 45. The summed E-state index contributed by atoms with van der Waals surface area (Å²) in [6, 6.07) is 0. The summed E-state index contributed by atoms with van der Waals surface area (Å²) in [4.78, 5) is 38.0. The predicted molar refractivity (Wildman–Crippen MR) is 292 cm³/mol. The summed E-state index contributed by atoms with van der Waals surface area (Å²) < 4.78 is 16.7. The van der Waals surface area contributed by atoms with E-state index in [9.17, 15) is 14.4 Å². The average molecular weight is 935 g/mol. The number of unbranched alkanes of at least 4 members (excludes halogenated alkanes) is 9. The zero-order valence-corrected chi connectivity index (χ0v) is 43.0. The molecule has 378 valence electrons. The molecule has 0 fully saturated rings. The molecular weight excluding hydrogens is 841 g/mol. The molecule has 0 rings (SSSR count). The van der Waals surface area contributed by atoms with Crippen LogP contribution in [0.1, 0.15) is 194 Å². The van der Waals surface area contributed by atoms with Gasteiger partial charge < -0.3 is 14.2 Å². The highest BCUT2D eigenvalue weighted by atomic mass is 16.6. The Labute approximate surface area is 416 Å². The molecule has 6 heteroatoms. The molecule has 0 amide bonds. The molecule has 0 aromatic rings. The van der Waals surface area contributed by atoms with Crippen molar-refractivity contribution in [2.24, 2.45) is 0 Å². The lowest BCUT2D eigenvalue weighted by Gasteiger charge is -2.18. The van der Waals surface area contributed by atoms with Crippen molar-refractivity contribution in [3.63, 3.8) is 0 Å². The van der Waals surface area contributed by atoms with Crippen LogP contribution in [0.15, 0.2) is 158 Å². The van der Waals surface area contributed by atoms with Crippen LogP contribution in [0.25, 0.3) is 0 Å². The van der Waals surface area contributed by atoms with E-state index in [1.165, 1.54) is 32.1 Å². The number of esters is 3. The summed E-state index contributed by atoms with van der Waals surface area (Å²) in [5.74, 6) is -1.14. The Morgan fingerprint density at radius 2 is 0.647 bits per heavy atom. The third kappa shape index (κ3) is 52.0. The van der Waals surface area contributed by atoms with Crippen molar-refractivity contribution in [1.82, 2.24) is 0 Å². The van der Waals surface area contributed by atoms with Crippen LogP contribution in [0.2, 0.25) is 0 Å². The van der Waals surface area contributed by atoms with Crippen molar-refractivity contribution in [3.8, 4) is 0 Å². The van der Waals surface area contributed by atoms with Gasteiger partial charge in [-0.05, 0) is 116 Å². The normalized spacial score (nSPS) is 13.4. The third-order valence-corrected chi connectivity index (χ3v) is 10.3. The van der Waals surface area contributed by atoms with Crippen molar-refractivity contribution in [2.75, 3.05) is 13.2 Å². The molecule has 0 aliphatic carbocycles. The van der Waals surface area contributed by atoms with Crippen LogP contribution in [-0.4, -0.2) is 37.2 Å². The maximum absolute atomic E-state index is 12.8. The second-order valence-corrected chi connectivity index (χ2v) is 16.7. The van der Waals surface area contributed by atoms with E-state index in [2.05, 4.69) is 154 Å². The molecule has 68 heavy (non-hydrogen) atoms. The molecule has 0 bridgehead atoms. The van der Waals surface area contributed by atoms with Gasteiger partial charge in [0.2, 0.25) is 0 Å². The Morgan fingerprint density at radius 1 is 0.324 bits per heavy atom. The van der Waals surface area contributed by atoms with E-state index in [4.69, 9.17) is 14.2 Å². The van der Waals surface area contributed by atoms with E-state index < -0.39 is 12.1 Å². The van der Waals surface area contributed by atoms with Crippen molar-refractivity contribution < 1.29 is 28.6 Å². The number of hydrogen-bond acceptors (Lipinski definition) is 6. The van der Waals surface area contributed by atoms with E-state index in [1.807, 2.05) is 24.3 Å². The Hall–Kier alpha value is -4.97. The fraction of sp³-hybridized carbons (Fsp3) is 0.532. The minimum atomic E-state index is -0.861. The second-order valence-electron chi connectivity index (χ2n) is 16.7. The van der Waals surface area contributed by atoms with E-state index in [-0.39, 0.29) is 38.0 Å². The van der Waals surface area contributed by atoms with Gasteiger partial charge in [0.25, 0.3) is 0 Å². The third-order valence-electron chi connectivity index (χ3n) is 10.3. The smallest absolute Gasteiger partial charge is 0.306 e. The first-order chi connectivity index (χ1) is 33.5. The van der Waals surface area contributed by atoms with Gasteiger partial charge in [0.05, 0.1) is 0 Å². The topological polar surface area (TPSA) is 78.9 Å². The fourth-order valence-electron chi connectivity index (χ4n) is 6.39. The number of allylic oxidation sites excluding steroid dienone is 26. The van der Waals surface area contributed by atoms with Gasteiger partial charge in [0.15, 0.2) is 6.10 Å². The summed E-state index contributed by atoms with van der Waals surface area (Å²) in [5.41, 5.74) is 0. The Morgan fingerprint density at radius 3 is 1.04 bits per heavy atom. The number of carbonyl (C=O) groups is 3. The lowest BCUT2D eigenvalue weighted by Crippen LogP contribution is -2.30. The zero-order chi connectivity index (χ0) is 49.3. The van der Waals surface area contributed by atoms with Gasteiger partial charge >= 0.3 is 17.9 Å². The van der Waals surface area contributed by atoms with Gasteiger partial charge in [-0.3, -0.25) is 14.4 Å². The summed E-state index contributed by atoms with van der Waals surface area (Å²) >= 11 is 0. The monoisotopic (exact) mass is 935 g/mol. The minimum Gasteiger partial charge on any atom is -0.462 e. The van der Waals surface area contributed by atoms with Crippen LogP contribution < -0.4 is 0 Å². The first-order valence-corrected chi connectivity index (χ1v) is 26.5. The molecule has 0 spiro atoms. The van der Waals surface area contributed by atoms with Crippen molar-refractivity contribution in [2.45, 2.75) is 200 Å². The first kappa shape index (κ1) is 63.0. The van der Waals surface area contributed by atoms with Crippen LogP contribution >= 0.6 is 0 Å². The Kier molecular flexibility index (Phi) is 50.6. The van der Waals surface area contributed by atoms with Crippen LogP contribution in [0.3, 0.4) is 0 Å². The van der Waals surface area contributed by atoms with E-state index >= 15 is 0 Å². The van der Waals surface area contributed by atoms with Crippen molar-refractivity contribution in [3.05, 3.63) is 158 Å². The first-order valence-electron chi connectivity index (χ1n) is 26.5. The molecular formula is C62H94O6. The van der Waals surface area contributed by atoms with Crippen LogP contribution in [0.5, 0.6) is 0 Å². The van der Waals surface area contributed by atoms with Crippen LogP contribution in [0, 0.1) is 0 Å². The van der Waals surface area contributed by atoms with Gasteiger partial charge in [-0.1, -0.05) is 217 Å². The molecule has 6 nitrogen and oxygen atoms in total. The highest BCUT2D eigenvalue weighted by Crippen LogP contribution is 2.11. The van der Waals surface area contributed by atoms with Gasteiger partial charge in [-0.25, -0.2) is 0 Å². The van der Waals surface area contributed by atoms with Gasteiger partial charge in [-0.2, -0.15) is 0 Å². The highest BCUT2D eigenvalue weighted by molar-refractivity contribution is 5.71. The Balaban J connectivity index is 4.66. The molecule has 0 radical (unpaired) electrons. The van der Waals surface area contributed by atoms with Gasteiger partial charge in [0, 0.05) is 19.3 Å². The lowest BCUT2D eigenvalue weighted by molar-refractivity contribution is -0.166. The Bertz CT molecular complexity index is 1590. The van der Waals surface area contributed by atoms with Crippen molar-refractivity contribution >= 4 is 17.9 Å². The molecule has 0 aliphatic rings. The molecule has 0 aliphatic heterocycles. The summed E-state index contributed by atoms with van der Waals surface area (Å²) in [6.45, 7) is 6.21. The second kappa shape index (κ2) is 54.6. The highest BCUT2D eigenvalue weighted by Gasteiger charge is 2.19. The standard InChI is InChI=1S/C62H94O6/c1-4-7-10-13-16-19-22-25-28-30-31-32-35-37-40-43-46-49-52-55-61(64)67-58-59(57-66-60(63)54-51-48-45-42-39-36-33-27-24-21-18-15-12-9-6-3)68-62(65)56-53-50-47-44-41-38-34-29-26-23-20-17-14-11-8-5-2/h7-8,10-11,16-21,24-29,31-32,37-38,40-41,46-47,49-50,59H,4-6,9,12-15,22-23,30,33-36,39,42-45,48,51-58H2,1-3H3/b10-7-,11-8-,19-16-,20-17-,21-18-,27-24-,28-25-,29-26-,32-31-,40-37-,41-38-,49-46-,50-47-. The molecule has 0 N–H and O–H groups in total. The largest absolute Gasteiger partial charge is 0.462 e. The van der Waals surface area contributed by atoms with E-state index in [0.29, 0.717) is 19.3 Å². The molecule has 0 saturated carbocycles. The van der Waals surface area contributed by atoms with Crippen LogP contribution in [0.4, 0.5) is 0 Å². The molecule has 0 heterocycles. The lowest BCUT2D eigenvalue weighted by atomic mass is 10.1. The van der Waals surface area contributed by atoms with Gasteiger partial charge in [-0.15, -0.1) is 0 Å². The van der Waals surface area contributed by atoms with E-state index in [1.54, 1.807) is 0 Å². The average Bonchev–Trinajstić information content (AvgIpc) is 3.34. The summed E-state index contributed by atoms with van der Waals surface area (Å²) in [7, 11) is 0. The summed E-state index contributed by atoms with van der Waals surface area (Å²) in [5, 5.41) is 0. The minimum absolute atomic E-state index is 0.145. The fourth-order valence-corrected chi connectivity index (χ4v) is 6.39. The molecule has 1 atom stereocenters. The quantitative estimate of drug-likeness (QED) is 0.0199. The SMILES string of the molecule is CC/C=C\C/C=C\C/C=C\C/C=C\C/C=C\C/C=C\CCC(=O)OCC(COC(=O)CCCCCCCC/C=C\C=C/CCCCC)OC(=O)CC/C=C\C/C=C\C/C=C\C/C=C\C/C=C\CC.